The quantitative estimate of drug-likeness (QED) is 0.776. The predicted octanol–water partition coefficient (Wildman–Crippen LogP) is 0.393. The van der Waals surface area contributed by atoms with E-state index in [1.807, 2.05) is 32.0 Å². The van der Waals surface area contributed by atoms with Crippen molar-refractivity contribution in [3.63, 3.8) is 0 Å². The molecule has 3 heteroatoms. The molecule has 0 radical (unpaired) electrons. The Morgan fingerprint density at radius 3 is 2.86 bits per heavy atom. The molecule has 0 saturated heterocycles. The van der Waals surface area contributed by atoms with E-state index in [2.05, 4.69) is 5.32 Å². The number of hydrogen-bond acceptors (Lipinski definition) is 1. The Morgan fingerprint density at radius 2 is 2.21 bits per heavy atom. The van der Waals surface area contributed by atoms with Crippen LogP contribution in [0.2, 0.25) is 0 Å². The van der Waals surface area contributed by atoms with Crippen molar-refractivity contribution >= 4 is 27.1 Å². The summed E-state index contributed by atoms with van der Waals surface area (Å²) in [7, 11) is 0. The fraction of sp³-hybridized carbons (Fsp3) is 0.364. The van der Waals surface area contributed by atoms with Crippen LogP contribution < -0.4 is 9.67 Å². The Morgan fingerprint density at radius 1 is 1.50 bits per heavy atom. The van der Waals surface area contributed by atoms with Crippen LogP contribution in [-0.4, -0.2) is 29.3 Å². The number of nitrogens with one attached hydrogen (secondary N) is 1. The Bertz CT molecular complexity index is 336. The summed E-state index contributed by atoms with van der Waals surface area (Å²) in [5.41, 5.74) is 2.01. The minimum atomic E-state index is 0.0509. The van der Waals surface area contributed by atoms with Crippen molar-refractivity contribution in [2.45, 2.75) is 20.3 Å². The van der Waals surface area contributed by atoms with E-state index < -0.39 is 0 Å². The fourth-order valence-corrected chi connectivity index (χ4v) is 1.89. The molecule has 0 aliphatic rings. The zero-order valence-electron chi connectivity index (χ0n) is 8.63. The molecule has 0 fully saturated rings. The van der Waals surface area contributed by atoms with E-state index in [0.29, 0.717) is 0 Å². The Labute approximate surface area is 93.6 Å². The maximum absolute atomic E-state index is 11.7. The second kappa shape index (κ2) is 5.21. The van der Waals surface area contributed by atoms with Gasteiger partial charge >= 0.3 is 93.4 Å². The first-order chi connectivity index (χ1) is 6.66. The van der Waals surface area contributed by atoms with Gasteiger partial charge in [-0.15, -0.1) is 0 Å². The number of benzene rings is 1. The van der Waals surface area contributed by atoms with Crippen molar-refractivity contribution in [1.29, 1.82) is 0 Å². The number of aryl methyl sites for hydroxylation is 1. The van der Waals surface area contributed by atoms with Crippen LogP contribution in [0.5, 0.6) is 0 Å². The SMILES string of the molecule is CCCNC(=O)c1cccc(C)c1[AsH2]. The van der Waals surface area contributed by atoms with E-state index in [-0.39, 0.29) is 5.91 Å². The molecule has 1 N–H and O–H groups in total. The van der Waals surface area contributed by atoms with Gasteiger partial charge in [-0.3, -0.25) is 0 Å². The maximum atomic E-state index is 11.7. The van der Waals surface area contributed by atoms with E-state index >= 15 is 0 Å². The third kappa shape index (κ3) is 2.62. The molecule has 1 unspecified atom stereocenters. The second-order valence-electron chi connectivity index (χ2n) is 3.29. The molecule has 0 heterocycles. The zero-order chi connectivity index (χ0) is 10.6. The average molecular weight is 253 g/mol. The molecular weight excluding hydrogens is 237 g/mol. The van der Waals surface area contributed by atoms with Crippen LogP contribution in [0.1, 0.15) is 29.3 Å². The van der Waals surface area contributed by atoms with Crippen LogP contribution >= 0.6 is 0 Å². The van der Waals surface area contributed by atoms with Crippen LogP contribution in [0, 0.1) is 6.92 Å². The second-order valence-corrected chi connectivity index (χ2v) is 4.50. The van der Waals surface area contributed by atoms with Gasteiger partial charge in [0, 0.05) is 0 Å². The van der Waals surface area contributed by atoms with Crippen molar-refractivity contribution < 1.29 is 4.79 Å². The van der Waals surface area contributed by atoms with Crippen molar-refractivity contribution in [2.75, 3.05) is 6.54 Å². The number of hydrogen-bond donors (Lipinski definition) is 1. The fourth-order valence-electron chi connectivity index (χ4n) is 1.21. The summed E-state index contributed by atoms with van der Waals surface area (Å²) in [5.74, 6) is 0.0509. The summed E-state index contributed by atoms with van der Waals surface area (Å²) < 4.78 is 1.13. The molecule has 0 spiro atoms. The molecule has 0 bridgehead atoms. The molecule has 0 aliphatic carbocycles. The molecule has 0 aromatic heterocycles. The summed E-state index contributed by atoms with van der Waals surface area (Å²) in [6.07, 6.45) is 0.974. The first-order valence-electron chi connectivity index (χ1n) is 4.80. The Kier molecular flexibility index (Phi) is 4.21. The molecule has 2 nitrogen and oxygen atoms in total. The van der Waals surface area contributed by atoms with Crippen LogP contribution in [0.15, 0.2) is 18.2 Å². The third-order valence-corrected chi connectivity index (χ3v) is 3.71. The number of amides is 1. The van der Waals surface area contributed by atoms with Gasteiger partial charge in [0.15, 0.2) is 0 Å². The standard InChI is InChI=1S/C11H16AsNO/c1-3-7-13-11(14)9-6-4-5-8(2)10(9)12/h4-6H,3,7,12H2,1-2H3,(H,13,14). The van der Waals surface area contributed by atoms with Gasteiger partial charge in [-0.05, 0) is 0 Å². The molecule has 76 valence electrons. The van der Waals surface area contributed by atoms with Gasteiger partial charge < -0.3 is 0 Å². The molecule has 14 heavy (non-hydrogen) atoms. The van der Waals surface area contributed by atoms with E-state index in [1.165, 1.54) is 22.4 Å². The minimum absolute atomic E-state index is 0.0509. The first kappa shape index (κ1) is 11.3. The van der Waals surface area contributed by atoms with Gasteiger partial charge in [0.1, 0.15) is 0 Å². The molecule has 0 aliphatic heterocycles. The number of rotatable bonds is 3. The van der Waals surface area contributed by atoms with Crippen LogP contribution in [0.3, 0.4) is 0 Å². The predicted molar refractivity (Wildman–Crippen MR) is 62.0 cm³/mol. The molecule has 1 atom stereocenters. The average Bonchev–Trinajstić information content (AvgIpc) is 2.18. The topological polar surface area (TPSA) is 29.1 Å². The zero-order valence-corrected chi connectivity index (χ0v) is 11.1. The molecule has 1 aromatic rings. The summed E-state index contributed by atoms with van der Waals surface area (Å²) in [6, 6.07) is 5.85. The summed E-state index contributed by atoms with van der Waals surface area (Å²) in [4.78, 5) is 11.7. The Balaban J connectivity index is 2.84. The Hall–Kier alpha value is -0.752. The molecule has 1 rings (SSSR count). The van der Waals surface area contributed by atoms with E-state index in [9.17, 15) is 4.79 Å². The van der Waals surface area contributed by atoms with Gasteiger partial charge in [-0.1, -0.05) is 0 Å². The van der Waals surface area contributed by atoms with Crippen molar-refractivity contribution in [2.24, 2.45) is 0 Å². The van der Waals surface area contributed by atoms with E-state index in [0.717, 1.165) is 22.9 Å². The van der Waals surface area contributed by atoms with E-state index in [4.69, 9.17) is 0 Å². The van der Waals surface area contributed by atoms with Gasteiger partial charge in [0.25, 0.3) is 0 Å². The van der Waals surface area contributed by atoms with E-state index in [1.54, 1.807) is 0 Å². The van der Waals surface area contributed by atoms with Crippen LogP contribution in [0.25, 0.3) is 0 Å². The molecular formula is C11H16AsNO. The van der Waals surface area contributed by atoms with Crippen molar-refractivity contribution in [3.05, 3.63) is 29.3 Å². The van der Waals surface area contributed by atoms with Crippen LogP contribution in [0.4, 0.5) is 0 Å². The van der Waals surface area contributed by atoms with Gasteiger partial charge in [0.05, 0.1) is 0 Å². The summed E-state index contributed by atoms with van der Waals surface area (Å²) >= 11 is 1.51. The van der Waals surface area contributed by atoms with Crippen molar-refractivity contribution in [3.8, 4) is 0 Å². The third-order valence-electron chi connectivity index (χ3n) is 2.10. The van der Waals surface area contributed by atoms with Gasteiger partial charge in [-0.25, -0.2) is 0 Å². The molecule has 0 saturated carbocycles. The van der Waals surface area contributed by atoms with Gasteiger partial charge in [0.2, 0.25) is 0 Å². The van der Waals surface area contributed by atoms with Crippen LogP contribution in [-0.2, 0) is 0 Å². The monoisotopic (exact) mass is 253 g/mol. The number of carbonyl (C=O) groups is 1. The molecule has 1 aromatic carbocycles. The summed E-state index contributed by atoms with van der Waals surface area (Å²) in [6.45, 7) is 4.83. The van der Waals surface area contributed by atoms with Gasteiger partial charge in [-0.2, -0.15) is 0 Å². The molecule has 1 amide bonds. The van der Waals surface area contributed by atoms with Crippen molar-refractivity contribution in [1.82, 2.24) is 5.32 Å². The first-order valence-corrected chi connectivity index (χ1v) is 6.01. The summed E-state index contributed by atoms with van der Waals surface area (Å²) in [5, 5.41) is 2.89. The number of carbonyl (C=O) groups excluding carboxylic acids is 1. The normalized spacial score (nSPS) is 9.93.